The number of carbonyl (C=O) groups excluding carboxylic acids is 2. The Balaban J connectivity index is 1.51. The van der Waals surface area contributed by atoms with Crippen LogP contribution in [0.3, 0.4) is 0 Å². The van der Waals surface area contributed by atoms with Crippen LogP contribution in [0.15, 0.2) is 0 Å². The Kier molecular flexibility index (Phi) is 5.68. The molecule has 25 heavy (non-hydrogen) atoms. The first-order valence-corrected chi connectivity index (χ1v) is 9.87. The number of amides is 2. The number of hydrogen-bond donors (Lipinski definition) is 1. The molecule has 1 aromatic heterocycles. The van der Waals surface area contributed by atoms with E-state index in [2.05, 4.69) is 20.4 Å². The molecule has 138 valence electrons. The largest absolute Gasteiger partial charge is 0.348 e. The van der Waals surface area contributed by atoms with Gasteiger partial charge in [0.25, 0.3) is 0 Å². The van der Waals surface area contributed by atoms with E-state index in [1.165, 1.54) is 12.8 Å². The van der Waals surface area contributed by atoms with Gasteiger partial charge in [-0.2, -0.15) is 0 Å². The second kappa shape index (κ2) is 7.78. The molecule has 0 spiro atoms. The predicted octanol–water partition coefficient (Wildman–Crippen LogP) is 1.36. The number of piperidine rings is 1. The van der Waals surface area contributed by atoms with Gasteiger partial charge in [-0.3, -0.25) is 14.5 Å². The highest BCUT2D eigenvalue weighted by atomic mass is 32.1. The molecule has 2 saturated heterocycles. The van der Waals surface area contributed by atoms with Crippen molar-refractivity contribution in [3.63, 3.8) is 0 Å². The summed E-state index contributed by atoms with van der Waals surface area (Å²) in [5.41, 5.74) is -0.480. The van der Waals surface area contributed by atoms with Gasteiger partial charge in [-0.05, 0) is 52.6 Å². The Hall–Kier alpha value is -1.54. The maximum absolute atomic E-state index is 12.6. The Morgan fingerprint density at radius 3 is 2.56 bits per heavy atom. The van der Waals surface area contributed by atoms with Gasteiger partial charge in [0.2, 0.25) is 12.3 Å². The first kappa shape index (κ1) is 18.3. The highest BCUT2D eigenvalue weighted by Gasteiger charge is 2.35. The van der Waals surface area contributed by atoms with E-state index in [-0.39, 0.29) is 5.91 Å². The summed E-state index contributed by atoms with van der Waals surface area (Å²) in [6.45, 7) is 7.94. The number of hydrogen-bond acceptors (Lipinski definition) is 6. The zero-order valence-electron chi connectivity index (χ0n) is 15.0. The molecule has 0 unspecified atom stereocenters. The van der Waals surface area contributed by atoms with Crippen LogP contribution in [0.5, 0.6) is 0 Å². The number of nitrogens with one attached hydrogen (secondary N) is 1. The van der Waals surface area contributed by atoms with Crippen LogP contribution in [-0.4, -0.2) is 64.0 Å². The number of carbonyl (C=O) groups is 2. The van der Waals surface area contributed by atoms with Crippen molar-refractivity contribution in [3.05, 3.63) is 10.0 Å². The summed E-state index contributed by atoms with van der Waals surface area (Å²) in [6.07, 6.45) is 5.11. The highest BCUT2D eigenvalue weighted by Crippen LogP contribution is 2.29. The molecule has 7 nitrogen and oxygen atoms in total. The van der Waals surface area contributed by atoms with E-state index in [0.29, 0.717) is 12.5 Å². The van der Waals surface area contributed by atoms with Crippen LogP contribution < -0.4 is 5.32 Å². The fourth-order valence-corrected chi connectivity index (χ4v) is 4.50. The smallest absolute Gasteiger partial charge is 0.240 e. The Morgan fingerprint density at radius 1 is 1.24 bits per heavy atom. The van der Waals surface area contributed by atoms with Crippen LogP contribution in [-0.2, 0) is 16.1 Å². The molecule has 3 rings (SSSR count). The molecule has 0 atom stereocenters. The molecule has 2 aliphatic heterocycles. The van der Waals surface area contributed by atoms with E-state index in [9.17, 15) is 9.59 Å². The lowest BCUT2D eigenvalue weighted by molar-refractivity contribution is -0.131. The molecule has 0 aliphatic carbocycles. The van der Waals surface area contributed by atoms with Crippen LogP contribution in [0.2, 0.25) is 0 Å². The van der Waals surface area contributed by atoms with Gasteiger partial charge >= 0.3 is 0 Å². The standard InChI is InChI=1S/C17H27N5O2S/c1-17(2,22-7-3-4-8-22)16(24)18-11-14-19-20-15(25-14)13-5-9-21(12-23)10-6-13/h12-13H,3-11H2,1-2H3,(H,18,24). The molecule has 2 amide bonds. The van der Waals surface area contributed by atoms with Gasteiger partial charge in [-0.25, -0.2) is 0 Å². The molecular formula is C17H27N5O2S. The lowest BCUT2D eigenvalue weighted by atomic mass is 9.98. The van der Waals surface area contributed by atoms with Crippen molar-refractivity contribution >= 4 is 23.7 Å². The zero-order chi connectivity index (χ0) is 17.9. The molecule has 8 heteroatoms. The Bertz CT molecular complexity index is 604. The van der Waals surface area contributed by atoms with Gasteiger partial charge in [0.05, 0.1) is 12.1 Å². The average Bonchev–Trinajstić information content (AvgIpc) is 3.31. The first-order chi connectivity index (χ1) is 12.0. The minimum absolute atomic E-state index is 0.0467. The first-order valence-electron chi connectivity index (χ1n) is 9.05. The molecule has 1 aromatic rings. The zero-order valence-corrected chi connectivity index (χ0v) is 15.8. The average molecular weight is 366 g/mol. The van der Waals surface area contributed by atoms with Gasteiger partial charge in [0.1, 0.15) is 10.0 Å². The van der Waals surface area contributed by atoms with Crippen molar-refractivity contribution in [3.8, 4) is 0 Å². The van der Waals surface area contributed by atoms with Gasteiger partial charge in [0, 0.05) is 19.0 Å². The quantitative estimate of drug-likeness (QED) is 0.770. The minimum Gasteiger partial charge on any atom is -0.348 e. The summed E-state index contributed by atoms with van der Waals surface area (Å²) in [7, 11) is 0. The van der Waals surface area contributed by atoms with Crippen molar-refractivity contribution in [2.24, 2.45) is 0 Å². The number of nitrogens with zero attached hydrogens (tertiary/aromatic N) is 4. The number of aromatic nitrogens is 2. The van der Waals surface area contributed by atoms with E-state index in [0.717, 1.165) is 55.4 Å². The third-order valence-electron chi connectivity index (χ3n) is 5.36. The normalized spacial score (nSPS) is 20.0. The maximum atomic E-state index is 12.6. The molecule has 0 saturated carbocycles. The van der Waals surface area contributed by atoms with E-state index in [1.54, 1.807) is 16.2 Å². The number of rotatable bonds is 6. The lowest BCUT2D eigenvalue weighted by Gasteiger charge is -2.33. The summed E-state index contributed by atoms with van der Waals surface area (Å²) in [5.74, 6) is 0.421. The maximum Gasteiger partial charge on any atom is 0.240 e. The second-order valence-electron chi connectivity index (χ2n) is 7.39. The van der Waals surface area contributed by atoms with Crippen LogP contribution >= 0.6 is 11.3 Å². The van der Waals surface area contributed by atoms with Crippen molar-refractivity contribution in [1.29, 1.82) is 0 Å². The summed E-state index contributed by atoms with van der Waals surface area (Å²) >= 11 is 1.58. The van der Waals surface area contributed by atoms with Crippen LogP contribution in [0, 0.1) is 0 Å². The van der Waals surface area contributed by atoms with Crippen LogP contribution in [0.25, 0.3) is 0 Å². The molecule has 2 fully saturated rings. The fourth-order valence-electron chi connectivity index (χ4n) is 3.55. The van der Waals surface area contributed by atoms with Crippen molar-refractivity contribution in [1.82, 2.24) is 25.3 Å². The van der Waals surface area contributed by atoms with Crippen molar-refractivity contribution in [2.75, 3.05) is 26.2 Å². The predicted molar refractivity (Wildman–Crippen MR) is 96.3 cm³/mol. The van der Waals surface area contributed by atoms with Crippen LogP contribution in [0.1, 0.15) is 55.5 Å². The monoisotopic (exact) mass is 365 g/mol. The molecule has 0 aromatic carbocycles. The van der Waals surface area contributed by atoms with E-state index in [1.807, 2.05) is 13.8 Å². The van der Waals surface area contributed by atoms with E-state index < -0.39 is 5.54 Å². The van der Waals surface area contributed by atoms with E-state index >= 15 is 0 Å². The third kappa shape index (κ3) is 4.17. The Morgan fingerprint density at radius 2 is 1.92 bits per heavy atom. The highest BCUT2D eigenvalue weighted by molar-refractivity contribution is 7.11. The van der Waals surface area contributed by atoms with Gasteiger partial charge < -0.3 is 10.2 Å². The Labute approximate surface area is 152 Å². The summed E-state index contributed by atoms with van der Waals surface area (Å²) in [6, 6.07) is 0. The number of likely N-dealkylation sites (tertiary alicyclic amines) is 2. The summed E-state index contributed by atoms with van der Waals surface area (Å²) < 4.78 is 0. The molecule has 1 N–H and O–H groups in total. The van der Waals surface area contributed by atoms with Crippen molar-refractivity contribution < 1.29 is 9.59 Å². The second-order valence-corrected chi connectivity index (χ2v) is 8.48. The molecule has 2 aliphatic rings. The SMILES string of the molecule is CC(C)(C(=O)NCc1nnc(C2CCN(C=O)CC2)s1)N1CCCC1. The van der Waals surface area contributed by atoms with Crippen LogP contribution in [0.4, 0.5) is 0 Å². The minimum atomic E-state index is -0.480. The fraction of sp³-hybridized carbons (Fsp3) is 0.765. The van der Waals surface area contributed by atoms with E-state index in [4.69, 9.17) is 0 Å². The summed E-state index contributed by atoms with van der Waals surface area (Å²) in [4.78, 5) is 27.4. The van der Waals surface area contributed by atoms with Gasteiger partial charge in [-0.1, -0.05) is 11.3 Å². The van der Waals surface area contributed by atoms with Gasteiger partial charge in [0.15, 0.2) is 0 Å². The van der Waals surface area contributed by atoms with Gasteiger partial charge in [-0.15, -0.1) is 10.2 Å². The van der Waals surface area contributed by atoms with Crippen molar-refractivity contribution in [2.45, 2.75) is 57.5 Å². The molecule has 0 bridgehead atoms. The molecule has 0 radical (unpaired) electrons. The molecule has 3 heterocycles. The topological polar surface area (TPSA) is 78.4 Å². The third-order valence-corrected chi connectivity index (χ3v) is 6.45. The molecular weight excluding hydrogens is 338 g/mol. The lowest BCUT2D eigenvalue weighted by Crippen LogP contribution is -2.53. The summed E-state index contributed by atoms with van der Waals surface area (Å²) in [5, 5.41) is 13.4.